The molecule has 258 valence electrons. The minimum atomic E-state index is 0.180. The third-order valence-electron chi connectivity index (χ3n) is 10.9. The van der Waals surface area contributed by atoms with Crippen LogP contribution in [0.2, 0.25) is 0 Å². The highest BCUT2D eigenvalue weighted by Crippen LogP contribution is 2.46. The van der Waals surface area contributed by atoms with E-state index in [4.69, 9.17) is 4.42 Å². The maximum atomic E-state index is 6.55. The predicted molar refractivity (Wildman–Crippen MR) is 231 cm³/mol. The standard InChI is InChI=1S/C51H37NOS/c1-33-15-6-7-18-39(33)41-20-9-8-19-40(41)34(2)36-31-45(51-46(32-36)43-22-11-13-26-49(43)54-51)35-27-29-38(30-28-35)52(37-16-4-3-5-17-37)47-24-14-23-44-42-21-10-12-25-48(42)53-50(44)47/h3-32,34H,1-2H3. The molecule has 0 aliphatic rings. The van der Waals surface area contributed by atoms with E-state index in [1.165, 1.54) is 59.1 Å². The molecule has 0 fully saturated rings. The highest BCUT2D eigenvalue weighted by Gasteiger charge is 2.22. The zero-order chi connectivity index (χ0) is 36.2. The smallest absolute Gasteiger partial charge is 0.159 e. The number of anilines is 3. The molecule has 1 atom stereocenters. The Labute approximate surface area is 319 Å². The van der Waals surface area contributed by atoms with E-state index in [9.17, 15) is 0 Å². The van der Waals surface area contributed by atoms with Crippen molar-refractivity contribution in [1.82, 2.24) is 0 Å². The van der Waals surface area contributed by atoms with Gasteiger partial charge in [0.15, 0.2) is 5.58 Å². The summed E-state index contributed by atoms with van der Waals surface area (Å²) in [7, 11) is 0. The molecule has 2 nitrogen and oxygen atoms in total. The van der Waals surface area contributed by atoms with Crippen molar-refractivity contribution in [2.75, 3.05) is 4.90 Å². The van der Waals surface area contributed by atoms with Gasteiger partial charge in [-0.1, -0.05) is 134 Å². The maximum Gasteiger partial charge on any atom is 0.159 e. The Hall–Kier alpha value is -6.42. The summed E-state index contributed by atoms with van der Waals surface area (Å²) < 4.78 is 9.18. The van der Waals surface area contributed by atoms with Crippen LogP contribution in [-0.2, 0) is 0 Å². The Morgan fingerprint density at radius 2 is 1.19 bits per heavy atom. The zero-order valence-electron chi connectivity index (χ0n) is 30.2. The van der Waals surface area contributed by atoms with E-state index in [2.05, 4.69) is 189 Å². The first-order chi connectivity index (χ1) is 26.6. The number of rotatable bonds is 7. The highest BCUT2D eigenvalue weighted by atomic mass is 32.1. The first-order valence-electron chi connectivity index (χ1n) is 18.6. The summed E-state index contributed by atoms with van der Waals surface area (Å²) in [5.74, 6) is 0.180. The van der Waals surface area contributed by atoms with Crippen molar-refractivity contribution in [1.29, 1.82) is 0 Å². The molecular weight excluding hydrogens is 675 g/mol. The van der Waals surface area contributed by atoms with Crippen LogP contribution in [0, 0.1) is 6.92 Å². The fraction of sp³-hybridized carbons (Fsp3) is 0.0588. The fourth-order valence-electron chi connectivity index (χ4n) is 8.19. The Morgan fingerprint density at radius 1 is 0.519 bits per heavy atom. The van der Waals surface area contributed by atoms with Gasteiger partial charge in [0.05, 0.1) is 5.69 Å². The number of hydrogen-bond donors (Lipinski definition) is 0. The fourth-order valence-corrected chi connectivity index (χ4v) is 9.41. The molecular formula is C51H37NOS. The third kappa shape index (κ3) is 5.39. The van der Waals surface area contributed by atoms with Gasteiger partial charge in [-0.3, -0.25) is 0 Å². The summed E-state index contributed by atoms with van der Waals surface area (Å²) >= 11 is 1.89. The maximum absolute atomic E-state index is 6.55. The number of nitrogens with zero attached hydrogens (tertiary/aromatic N) is 1. The number of furan rings is 1. The van der Waals surface area contributed by atoms with Gasteiger partial charge in [-0.2, -0.15) is 0 Å². The van der Waals surface area contributed by atoms with Gasteiger partial charge in [0.25, 0.3) is 0 Å². The Kier molecular flexibility index (Phi) is 7.89. The summed E-state index contributed by atoms with van der Waals surface area (Å²) in [5, 5.41) is 4.86. The van der Waals surface area contributed by atoms with Crippen molar-refractivity contribution in [3.8, 4) is 22.3 Å². The number of aryl methyl sites for hydroxylation is 1. The van der Waals surface area contributed by atoms with Gasteiger partial charge in [-0.25, -0.2) is 0 Å². The van der Waals surface area contributed by atoms with E-state index in [1.807, 2.05) is 23.5 Å². The van der Waals surface area contributed by atoms with Gasteiger partial charge in [-0.15, -0.1) is 11.3 Å². The molecule has 0 aliphatic carbocycles. The summed E-state index contributed by atoms with van der Waals surface area (Å²) in [5.41, 5.74) is 13.9. The van der Waals surface area contributed by atoms with Crippen molar-refractivity contribution in [3.05, 3.63) is 199 Å². The van der Waals surface area contributed by atoms with Gasteiger partial charge in [0.1, 0.15) is 5.58 Å². The van der Waals surface area contributed by atoms with Crippen LogP contribution in [0.15, 0.2) is 186 Å². The Balaban J connectivity index is 1.12. The van der Waals surface area contributed by atoms with Gasteiger partial charge in [-0.05, 0) is 100 Å². The lowest BCUT2D eigenvalue weighted by Crippen LogP contribution is -2.10. The Morgan fingerprint density at radius 3 is 2.02 bits per heavy atom. The van der Waals surface area contributed by atoms with Crippen LogP contribution in [0.3, 0.4) is 0 Å². The number of benzene rings is 8. The lowest BCUT2D eigenvalue weighted by molar-refractivity contribution is 0.669. The molecule has 0 bridgehead atoms. The lowest BCUT2D eigenvalue weighted by Gasteiger charge is -2.25. The van der Waals surface area contributed by atoms with Gasteiger partial charge in [0.2, 0.25) is 0 Å². The van der Waals surface area contributed by atoms with Crippen LogP contribution in [-0.4, -0.2) is 0 Å². The summed E-state index contributed by atoms with van der Waals surface area (Å²) in [4.78, 5) is 2.31. The van der Waals surface area contributed by atoms with Crippen molar-refractivity contribution in [2.45, 2.75) is 19.8 Å². The summed E-state index contributed by atoms with van der Waals surface area (Å²) in [6.45, 7) is 4.56. The van der Waals surface area contributed by atoms with E-state index in [0.717, 1.165) is 39.0 Å². The summed E-state index contributed by atoms with van der Waals surface area (Å²) in [6.07, 6.45) is 0. The molecule has 1 unspecified atom stereocenters. The normalized spacial score (nSPS) is 12.2. The minimum Gasteiger partial charge on any atom is -0.454 e. The van der Waals surface area contributed by atoms with Crippen LogP contribution < -0.4 is 4.90 Å². The van der Waals surface area contributed by atoms with E-state index >= 15 is 0 Å². The monoisotopic (exact) mass is 711 g/mol. The molecule has 3 heteroatoms. The van der Waals surface area contributed by atoms with E-state index in [0.29, 0.717) is 0 Å². The molecule has 10 aromatic rings. The van der Waals surface area contributed by atoms with Crippen molar-refractivity contribution in [2.24, 2.45) is 0 Å². The second-order valence-corrected chi connectivity index (χ2v) is 15.2. The Bertz CT molecular complexity index is 2970. The highest BCUT2D eigenvalue weighted by molar-refractivity contribution is 7.26. The first kappa shape index (κ1) is 32.2. The predicted octanol–water partition coefficient (Wildman–Crippen LogP) is 15.2. The van der Waals surface area contributed by atoms with Crippen LogP contribution in [0.5, 0.6) is 0 Å². The molecule has 0 saturated carbocycles. The lowest BCUT2D eigenvalue weighted by atomic mass is 9.84. The molecule has 0 aliphatic heterocycles. The van der Waals surface area contributed by atoms with E-state index < -0.39 is 0 Å². The second kappa shape index (κ2) is 13.2. The van der Waals surface area contributed by atoms with Crippen LogP contribution in [0.4, 0.5) is 17.1 Å². The van der Waals surface area contributed by atoms with Gasteiger partial charge < -0.3 is 9.32 Å². The minimum absolute atomic E-state index is 0.180. The molecule has 0 N–H and O–H groups in total. The number of para-hydroxylation sites is 3. The average molecular weight is 712 g/mol. The molecule has 8 aromatic carbocycles. The molecule has 0 amide bonds. The van der Waals surface area contributed by atoms with Crippen LogP contribution in [0.1, 0.15) is 29.5 Å². The van der Waals surface area contributed by atoms with E-state index in [-0.39, 0.29) is 5.92 Å². The number of thiophene rings is 1. The third-order valence-corrected chi connectivity index (χ3v) is 12.2. The zero-order valence-corrected chi connectivity index (χ0v) is 31.0. The van der Waals surface area contributed by atoms with Crippen molar-refractivity contribution in [3.63, 3.8) is 0 Å². The number of hydrogen-bond acceptors (Lipinski definition) is 3. The SMILES string of the molecule is Cc1ccccc1-c1ccccc1C(C)c1cc(-c2ccc(N(c3ccccc3)c3cccc4c3oc3ccccc34)cc2)c2sc3ccccc3c2c1. The second-order valence-electron chi connectivity index (χ2n) is 14.1. The molecule has 2 heterocycles. The van der Waals surface area contributed by atoms with Crippen molar-refractivity contribution < 1.29 is 4.42 Å². The summed E-state index contributed by atoms with van der Waals surface area (Å²) in [6, 6.07) is 65.8. The quantitative estimate of drug-likeness (QED) is 0.164. The number of fused-ring (bicyclic) bond motifs is 6. The largest absolute Gasteiger partial charge is 0.454 e. The molecule has 0 radical (unpaired) electrons. The topological polar surface area (TPSA) is 16.4 Å². The van der Waals surface area contributed by atoms with Gasteiger partial charge in [0, 0.05) is 48.2 Å². The van der Waals surface area contributed by atoms with Crippen LogP contribution in [0.25, 0.3) is 64.4 Å². The molecule has 0 saturated heterocycles. The molecule has 0 spiro atoms. The first-order valence-corrected chi connectivity index (χ1v) is 19.4. The van der Waals surface area contributed by atoms with E-state index in [1.54, 1.807) is 0 Å². The molecule has 2 aromatic heterocycles. The average Bonchev–Trinajstić information content (AvgIpc) is 3.80. The molecule has 10 rings (SSSR count). The van der Waals surface area contributed by atoms with Crippen molar-refractivity contribution >= 4 is 70.5 Å². The molecule has 54 heavy (non-hydrogen) atoms. The van der Waals surface area contributed by atoms with Crippen LogP contribution >= 0.6 is 11.3 Å². The van der Waals surface area contributed by atoms with Gasteiger partial charge >= 0.3 is 0 Å².